The molecule has 0 aliphatic carbocycles. The summed E-state index contributed by atoms with van der Waals surface area (Å²) in [5.74, 6) is -0.127. The zero-order valence-electron chi connectivity index (χ0n) is 14.8. The molecule has 2 atom stereocenters. The van der Waals surface area contributed by atoms with Gasteiger partial charge in [0.2, 0.25) is 5.91 Å². The van der Waals surface area contributed by atoms with Crippen molar-refractivity contribution >= 4 is 29.2 Å². The van der Waals surface area contributed by atoms with Crippen LogP contribution in [0.1, 0.15) is 25.3 Å². The van der Waals surface area contributed by atoms with Gasteiger partial charge < -0.3 is 15.5 Å². The topological polar surface area (TPSA) is 61.4 Å². The third-order valence-electron chi connectivity index (χ3n) is 4.55. The lowest BCUT2D eigenvalue weighted by atomic mass is 9.91. The van der Waals surface area contributed by atoms with E-state index in [1.54, 1.807) is 11.8 Å². The Balaban J connectivity index is 1.99. The van der Waals surface area contributed by atoms with Crippen LogP contribution in [0.15, 0.2) is 30.9 Å². The summed E-state index contributed by atoms with van der Waals surface area (Å²) in [6, 6.07) is 1.79. The number of piperidine rings is 1. The molecule has 0 saturated carbocycles. The zero-order valence-corrected chi connectivity index (χ0v) is 15.5. The van der Waals surface area contributed by atoms with E-state index in [0.29, 0.717) is 13.1 Å². The van der Waals surface area contributed by atoms with Gasteiger partial charge in [0.15, 0.2) is 0 Å². The highest BCUT2D eigenvalue weighted by Gasteiger charge is 2.31. The van der Waals surface area contributed by atoms with Gasteiger partial charge in [0.25, 0.3) is 0 Å². The van der Waals surface area contributed by atoms with Gasteiger partial charge in [-0.05, 0) is 50.0 Å². The van der Waals surface area contributed by atoms with E-state index < -0.39 is 17.8 Å². The van der Waals surface area contributed by atoms with Crippen LogP contribution in [-0.4, -0.2) is 36.0 Å². The summed E-state index contributed by atoms with van der Waals surface area (Å²) in [7, 11) is 0. The molecular weight excluding hydrogens is 383 g/mol. The minimum Gasteiger partial charge on any atom is -0.339 e. The van der Waals surface area contributed by atoms with Gasteiger partial charge in [0.05, 0.1) is 16.3 Å². The number of urea groups is 1. The molecule has 148 valence electrons. The van der Waals surface area contributed by atoms with Crippen molar-refractivity contribution < 1.29 is 22.8 Å². The Bertz CT molecular complexity index is 724. The van der Waals surface area contributed by atoms with E-state index >= 15 is 0 Å². The van der Waals surface area contributed by atoms with Crippen molar-refractivity contribution in [3.8, 4) is 0 Å². The van der Waals surface area contributed by atoms with Gasteiger partial charge in [0.1, 0.15) is 0 Å². The first kappa shape index (κ1) is 21.1. The normalized spacial score (nSPS) is 18.6. The van der Waals surface area contributed by atoms with Gasteiger partial charge in [-0.2, -0.15) is 13.2 Å². The van der Waals surface area contributed by atoms with Crippen LogP contribution in [0.2, 0.25) is 5.02 Å². The van der Waals surface area contributed by atoms with E-state index in [1.165, 1.54) is 6.08 Å². The first-order valence-corrected chi connectivity index (χ1v) is 8.85. The smallest absolute Gasteiger partial charge is 0.339 e. The highest BCUT2D eigenvalue weighted by atomic mass is 35.5. The van der Waals surface area contributed by atoms with Crippen LogP contribution in [0.5, 0.6) is 0 Å². The molecule has 0 radical (unpaired) electrons. The summed E-state index contributed by atoms with van der Waals surface area (Å²) in [5, 5.41) is 5.07. The minimum atomic E-state index is -4.53. The maximum Gasteiger partial charge on any atom is 0.416 e. The lowest BCUT2D eigenvalue weighted by Crippen LogP contribution is -2.48. The predicted molar refractivity (Wildman–Crippen MR) is 97.6 cm³/mol. The largest absolute Gasteiger partial charge is 0.416 e. The Kier molecular flexibility index (Phi) is 6.75. The average molecular weight is 404 g/mol. The Labute approximate surface area is 160 Å². The molecule has 0 spiro atoms. The third kappa shape index (κ3) is 5.63. The molecule has 1 aliphatic heterocycles. The van der Waals surface area contributed by atoms with E-state index in [4.69, 9.17) is 11.6 Å². The second kappa shape index (κ2) is 8.65. The van der Waals surface area contributed by atoms with Crippen molar-refractivity contribution in [1.82, 2.24) is 10.2 Å². The van der Waals surface area contributed by atoms with Crippen molar-refractivity contribution in [1.29, 1.82) is 0 Å². The molecule has 2 N–H and O–H groups in total. The lowest BCUT2D eigenvalue weighted by Gasteiger charge is -2.35. The molecule has 1 aromatic carbocycles. The third-order valence-corrected chi connectivity index (χ3v) is 4.88. The van der Waals surface area contributed by atoms with E-state index in [2.05, 4.69) is 17.2 Å². The molecule has 3 amide bonds. The minimum absolute atomic E-state index is 0.00576. The second-order valence-electron chi connectivity index (χ2n) is 6.47. The van der Waals surface area contributed by atoms with E-state index in [9.17, 15) is 22.8 Å². The van der Waals surface area contributed by atoms with Gasteiger partial charge in [-0.3, -0.25) is 4.79 Å². The predicted octanol–water partition coefficient (Wildman–Crippen LogP) is 4.29. The van der Waals surface area contributed by atoms with Crippen molar-refractivity contribution in [2.75, 3.05) is 18.4 Å². The number of hydrogen-bond donors (Lipinski definition) is 2. The quantitative estimate of drug-likeness (QED) is 0.736. The Morgan fingerprint density at radius 2 is 2.11 bits per heavy atom. The fraction of sp³-hybridized carbons (Fsp3) is 0.444. The highest BCUT2D eigenvalue weighted by Crippen LogP contribution is 2.33. The molecule has 0 aromatic heterocycles. The van der Waals surface area contributed by atoms with Crippen LogP contribution >= 0.6 is 11.6 Å². The molecule has 27 heavy (non-hydrogen) atoms. The maximum absolute atomic E-state index is 12.8. The number of benzene rings is 1. The Morgan fingerprint density at radius 3 is 2.74 bits per heavy atom. The molecule has 9 heteroatoms. The van der Waals surface area contributed by atoms with Crippen LogP contribution < -0.4 is 10.6 Å². The summed E-state index contributed by atoms with van der Waals surface area (Å²) in [5.41, 5.74) is -1.02. The average Bonchev–Trinajstić information content (AvgIpc) is 2.61. The summed E-state index contributed by atoms with van der Waals surface area (Å²) >= 11 is 5.88. The summed E-state index contributed by atoms with van der Waals surface area (Å²) < 4.78 is 38.4. The summed E-state index contributed by atoms with van der Waals surface area (Å²) in [6.45, 7) is 6.38. The number of halogens is 4. The first-order valence-electron chi connectivity index (χ1n) is 8.47. The molecule has 2 unspecified atom stereocenters. The molecule has 1 heterocycles. The first-order chi connectivity index (χ1) is 12.6. The number of hydrogen-bond acceptors (Lipinski definition) is 2. The number of carbonyl (C=O) groups is 2. The van der Waals surface area contributed by atoms with E-state index in [-0.39, 0.29) is 28.6 Å². The van der Waals surface area contributed by atoms with Gasteiger partial charge in [-0.25, -0.2) is 4.79 Å². The standard InChI is InChI=1S/C18H21ClF3N3O2/c1-3-16(26)25-8-4-5-12(10-25)11(2)23-17(27)24-15-9-13(18(20,21)22)6-7-14(15)19/h3,6-7,9,11-12H,1,4-5,8,10H2,2H3,(H2,23,24,27). The summed E-state index contributed by atoms with van der Waals surface area (Å²) in [4.78, 5) is 25.6. The van der Waals surface area contributed by atoms with Gasteiger partial charge >= 0.3 is 12.2 Å². The molecule has 5 nitrogen and oxygen atoms in total. The van der Waals surface area contributed by atoms with Crippen molar-refractivity contribution in [3.05, 3.63) is 41.4 Å². The molecule has 0 bridgehead atoms. The highest BCUT2D eigenvalue weighted by molar-refractivity contribution is 6.33. The Morgan fingerprint density at radius 1 is 1.41 bits per heavy atom. The number of alkyl halides is 3. The molecular formula is C18H21ClF3N3O2. The maximum atomic E-state index is 12.8. The zero-order chi connectivity index (χ0) is 20.2. The van der Waals surface area contributed by atoms with Crippen molar-refractivity contribution in [2.45, 2.75) is 32.0 Å². The number of likely N-dealkylation sites (tertiary alicyclic amines) is 1. The van der Waals surface area contributed by atoms with Gasteiger partial charge in [0, 0.05) is 19.1 Å². The number of nitrogens with one attached hydrogen (secondary N) is 2. The lowest BCUT2D eigenvalue weighted by molar-refractivity contribution is -0.137. The fourth-order valence-electron chi connectivity index (χ4n) is 3.03. The van der Waals surface area contributed by atoms with Crippen LogP contribution in [-0.2, 0) is 11.0 Å². The van der Waals surface area contributed by atoms with Crippen LogP contribution in [0.3, 0.4) is 0 Å². The number of nitrogens with zero attached hydrogens (tertiary/aromatic N) is 1. The Hall–Kier alpha value is -2.22. The van der Waals surface area contributed by atoms with Gasteiger partial charge in [-0.1, -0.05) is 18.2 Å². The molecule has 1 aromatic rings. The number of rotatable bonds is 4. The van der Waals surface area contributed by atoms with Gasteiger partial charge in [-0.15, -0.1) is 0 Å². The van der Waals surface area contributed by atoms with Crippen molar-refractivity contribution in [3.63, 3.8) is 0 Å². The van der Waals surface area contributed by atoms with E-state index in [1.807, 2.05) is 0 Å². The fourth-order valence-corrected chi connectivity index (χ4v) is 3.19. The second-order valence-corrected chi connectivity index (χ2v) is 6.88. The number of amides is 3. The SMILES string of the molecule is C=CC(=O)N1CCCC(C(C)NC(=O)Nc2cc(C(F)(F)F)ccc2Cl)C1. The van der Waals surface area contributed by atoms with E-state index in [0.717, 1.165) is 31.0 Å². The number of anilines is 1. The van der Waals surface area contributed by atoms with Crippen molar-refractivity contribution in [2.24, 2.45) is 5.92 Å². The molecule has 1 aliphatic rings. The van der Waals surface area contributed by atoms with Crippen LogP contribution in [0.4, 0.5) is 23.7 Å². The molecule has 1 saturated heterocycles. The van der Waals surface area contributed by atoms with Crippen LogP contribution in [0, 0.1) is 5.92 Å². The van der Waals surface area contributed by atoms with Crippen LogP contribution in [0.25, 0.3) is 0 Å². The monoisotopic (exact) mass is 403 g/mol. The summed E-state index contributed by atoms with van der Waals surface area (Å²) in [6.07, 6.45) is -1.65. The molecule has 1 fully saturated rings. The number of carbonyl (C=O) groups excluding carboxylic acids is 2. The molecule has 2 rings (SSSR count).